The summed E-state index contributed by atoms with van der Waals surface area (Å²) in [4.78, 5) is 15.0. The van der Waals surface area contributed by atoms with Crippen LogP contribution in [0.1, 0.15) is 29.6 Å². The SMILES string of the molecule is NC(=S)CCN(C(=O)c1ccc2c(c1)OCCO2)C1CC1. The average Bonchev–Trinajstić information content (AvgIpc) is 3.31. The smallest absolute Gasteiger partial charge is 0.254 e. The van der Waals surface area contributed by atoms with Gasteiger partial charge in [-0.15, -0.1) is 0 Å². The van der Waals surface area contributed by atoms with E-state index in [1.807, 2.05) is 4.90 Å². The van der Waals surface area contributed by atoms with Gasteiger partial charge in [0.15, 0.2) is 11.5 Å². The Kier molecular flexibility index (Phi) is 3.96. The lowest BCUT2D eigenvalue weighted by Crippen LogP contribution is -2.35. The zero-order valence-corrected chi connectivity index (χ0v) is 12.5. The molecule has 2 N–H and O–H groups in total. The third-order valence-corrected chi connectivity index (χ3v) is 3.84. The minimum Gasteiger partial charge on any atom is -0.486 e. The highest BCUT2D eigenvalue weighted by molar-refractivity contribution is 7.80. The highest BCUT2D eigenvalue weighted by Gasteiger charge is 2.33. The van der Waals surface area contributed by atoms with E-state index in [4.69, 9.17) is 27.4 Å². The Balaban J connectivity index is 1.77. The first kappa shape index (κ1) is 14.1. The number of carbonyl (C=O) groups excluding carboxylic acids is 1. The Morgan fingerprint density at radius 2 is 2.00 bits per heavy atom. The van der Waals surface area contributed by atoms with Crippen LogP contribution in [0.3, 0.4) is 0 Å². The van der Waals surface area contributed by atoms with Crippen molar-refractivity contribution in [3.63, 3.8) is 0 Å². The summed E-state index contributed by atoms with van der Waals surface area (Å²) >= 11 is 4.91. The monoisotopic (exact) mass is 306 g/mol. The molecule has 2 aliphatic rings. The number of nitrogens with two attached hydrogens (primary N) is 1. The molecule has 0 atom stereocenters. The third-order valence-electron chi connectivity index (χ3n) is 3.64. The Morgan fingerprint density at radius 1 is 1.29 bits per heavy atom. The predicted molar refractivity (Wildman–Crippen MR) is 82.9 cm³/mol. The second-order valence-electron chi connectivity index (χ2n) is 5.30. The van der Waals surface area contributed by atoms with Crippen LogP contribution in [0.5, 0.6) is 11.5 Å². The molecule has 1 fully saturated rings. The van der Waals surface area contributed by atoms with Gasteiger partial charge in [0.25, 0.3) is 5.91 Å². The normalized spacial score (nSPS) is 16.4. The summed E-state index contributed by atoms with van der Waals surface area (Å²) in [5.74, 6) is 1.34. The van der Waals surface area contributed by atoms with Crippen LogP contribution in [0, 0.1) is 0 Å². The minimum atomic E-state index is 0.00530. The van der Waals surface area contributed by atoms with Crippen LogP contribution < -0.4 is 15.2 Å². The number of thiocarbonyl (C=S) groups is 1. The van der Waals surface area contributed by atoms with E-state index in [-0.39, 0.29) is 5.91 Å². The summed E-state index contributed by atoms with van der Waals surface area (Å²) in [7, 11) is 0. The topological polar surface area (TPSA) is 64.8 Å². The van der Waals surface area contributed by atoms with Gasteiger partial charge in [0, 0.05) is 24.6 Å². The zero-order chi connectivity index (χ0) is 14.8. The number of rotatable bonds is 5. The summed E-state index contributed by atoms with van der Waals surface area (Å²) in [6.07, 6.45) is 2.66. The molecule has 1 saturated carbocycles. The van der Waals surface area contributed by atoms with Gasteiger partial charge in [-0.2, -0.15) is 0 Å². The molecule has 1 amide bonds. The van der Waals surface area contributed by atoms with Gasteiger partial charge in [-0.25, -0.2) is 0 Å². The van der Waals surface area contributed by atoms with E-state index in [1.165, 1.54) is 0 Å². The van der Waals surface area contributed by atoms with E-state index >= 15 is 0 Å². The number of ether oxygens (including phenoxy) is 2. The van der Waals surface area contributed by atoms with Crippen LogP contribution in [-0.4, -0.2) is 41.6 Å². The maximum absolute atomic E-state index is 12.7. The van der Waals surface area contributed by atoms with Gasteiger partial charge in [0.1, 0.15) is 13.2 Å². The van der Waals surface area contributed by atoms with E-state index < -0.39 is 0 Å². The first-order valence-corrected chi connectivity index (χ1v) is 7.55. The fraction of sp³-hybridized carbons (Fsp3) is 0.467. The lowest BCUT2D eigenvalue weighted by atomic mass is 10.1. The molecular weight excluding hydrogens is 288 g/mol. The number of fused-ring (bicyclic) bond motifs is 1. The molecule has 0 bridgehead atoms. The van der Waals surface area contributed by atoms with Gasteiger partial charge in [0.2, 0.25) is 0 Å². The highest BCUT2D eigenvalue weighted by atomic mass is 32.1. The average molecular weight is 306 g/mol. The Hall–Kier alpha value is -1.82. The van der Waals surface area contributed by atoms with Gasteiger partial charge >= 0.3 is 0 Å². The summed E-state index contributed by atoms with van der Waals surface area (Å²) < 4.78 is 11.0. The maximum Gasteiger partial charge on any atom is 0.254 e. The van der Waals surface area contributed by atoms with E-state index in [2.05, 4.69) is 0 Å². The van der Waals surface area contributed by atoms with E-state index in [9.17, 15) is 4.79 Å². The van der Waals surface area contributed by atoms with Gasteiger partial charge in [0.05, 0.1) is 4.99 Å². The van der Waals surface area contributed by atoms with Gasteiger partial charge in [-0.3, -0.25) is 4.79 Å². The van der Waals surface area contributed by atoms with Crippen molar-refractivity contribution in [3.8, 4) is 11.5 Å². The van der Waals surface area contributed by atoms with Crippen molar-refractivity contribution in [1.82, 2.24) is 4.90 Å². The molecule has 1 aromatic carbocycles. The standard InChI is InChI=1S/C15H18N2O3S/c16-14(21)5-6-17(11-2-3-11)15(18)10-1-4-12-13(9-10)20-8-7-19-12/h1,4,9,11H,2-3,5-8H2,(H2,16,21). The quantitative estimate of drug-likeness (QED) is 0.840. The molecule has 6 heteroatoms. The molecule has 21 heavy (non-hydrogen) atoms. The summed E-state index contributed by atoms with van der Waals surface area (Å²) in [5, 5.41) is 0. The van der Waals surface area contributed by atoms with E-state index in [1.54, 1.807) is 18.2 Å². The van der Waals surface area contributed by atoms with Crippen LogP contribution in [0.4, 0.5) is 0 Å². The van der Waals surface area contributed by atoms with Crippen LogP contribution >= 0.6 is 12.2 Å². The molecule has 0 radical (unpaired) electrons. The van der Waals surface area contributed by atoms with Crippen molar-refractivity contribution in [3.05, 3.63) is 23.8 Å². The molecule has 1 aliphatic carbocycles. The van der Waals surface area contributed by atoms with Crippen LogP contribution in [0.2, 0.25) is 0 Å². The van der Waals surface area contributed by atoms with E-state index in [0.29, 0.717) is 54.3 Å². The summed E-state index contributed by atoms with van der Waals surface area (Å²) in [6, 6.07) is 5.65. The molecule has 1 aliphatic heterocycles. The largest absolute Gasteiger partial charge is 0.486 e. The van der Waals surface area contributed by atoms with Crippen molar-refractivity contribution < 1.29 is 14.3 Å². The first-order valence-electron chi connectivity index (χ1n) is 7.14. The molecule has 5 nitrogen and oxygen atoms in total. The molecule has 1 heterocycles. The maximum atomic E-state index is 12.7. The molecule has 0 spiro atoms. The number of amides is 1. The van der Waals surface area contributed by atoms with E-state index in [0.717, 1.165) is 12.8 Å². The predicted octanol–water partition coefficient (Wildman–Crippen LogP) is 1.74. The lowest BCUT2D eigenvalue weighted by Gasteiger charge is -2.24. The number of benzene rings is 1. The zero-order valence-electron chi connectivity index (χ0n) is 11.7. The molecule has 0 saturated heterocycles. The number of nitrogens with zero attached hydrogens (tertiary/aromatic N) is 1. The molecule has 0 aromatic heterocycles. The van der Waals surface area contributed by atoms with Crippen LogP contribution in [0.25, 0.3) is 0 Å². The summed E-state index contributed by atoms with van der Waals surface area (Å²) in [6.45, 7) is 1.63. The molecule has 3 rings (SSSR count). The van der Waals surface area contributed by atoms with Crippen molar-refractivity contribution >= 4 is 23.1 Å². The van der Waals surface area contributed by atoms with Gasteiger partial charge < -0.3 is 20.1 Å². The number of hydrogen-bond acceptors (Lipinski definition) is 4. The first-order chi connectivity index (χ1) is 10.1. The van der Waals surface area contributed by atoms with Crippen molar-refractivity contribution in [2.75, 3.05) is 19.8 Å². The Bertz CT molecular complexity index is 572. The van der Waals surface area contributed by atoms with Gasteiger partial charge in [-0.1, -0.05) is 12.2 Å². The molecule has 112 valence electrons. The highest BCUT2D eigenvalue weighted by Crippen LogP contribution is 2.33. The summed E-state index contributed by atoms with van der Waals surface area (Å²) in [5.41, 5.74) is 6.17. The second-order valence-corrected chi connectivity index (χ2v) is 5.83. The van der Waals surface area contributed by atoms with Crippen molar-refractivity contribution in [1.29, 1.82) is 0 Å². The lowest BCUT2D eigenvalue weighted by molar-refractivity contribution is 0.0747. The number of hydrogen-bond donors (Lipinski definition) is 1. The van der Waals surface area contributed by atoms with Crippen LogP contribution in [-0.2, 0) is 0 Å². The number of carbonyl (C=O) groups is 1. The Labute approximate surface area is 129 Å². The Morgan fingerprint density at radius 3 is 2.67 bits per heavy atom. The van der Waals surface area contributed by atoms with Crippen LogP contribution in [0.15, 0.2) is 18.2 Å². The van der Waals surface area contributed by atoms with Gasteiger partial charge in [-0.05, 0) is 31.0 Å². The fourth-order valence-corrected chi connectivity index (χ4v) is 2.50. The molecular formula is C15H18N2O3S. The third kappa shape index (κ3) is 3.26. The van der Waals surface area contributed by atoms with Crippen molar-refractivity contribution in [2.45, 2.75) is 25.3 Å². The van der Waals surface area contributed by atoms with Crippen molar-refractivity contribution in [2.24, 2.45) is 5.73 Å². The molecule has 1 aromatic rings. The fourth-order valence-electron chi connectivity index (χ4n) is 2.41. The second kappa shape index (κ2) is 5.89. The minimum absolute atomic E-state index is 0.00530. The molecule has 0 unspecified atom stereocenters.